The molecule has 4 heteroatoms. The van der Waals surface area contributed by atoms with Crippen molar-refractivity contribution in [2.24, 2.45) is 5.41 Å². The quantitative estimate of drug-likeness (QED) is 0.401. The van der Waals surface area contributed by atoms with Gasteiger partial charge in [-0.05, 0) is 93.0 Å². The first kappa shape index (κ1) is 25.7. The first-order valence-electron chi connectivity index (χ1n) is 13.4. The van der Waals surface area contributed by atoms with Crippen molar-refractivity contribution in [1.29, 1.82) is 0 Å². The summed E-state index contributed by atoms with van der Waals surface area (Å²) < 4.78 is 0. The minimum Gasteiger partial charge on any atom is -0.372 e. The second-order valence-electron chi connectivity index (χ2n) is 11.3. The Hall–Kier alpha value is -0.930. The summed E-state index contributed by atoms with van der Waals surface area (Å²) in [5.74, 6) is 0.746. The number of piperazine rings is 1. The molecular formula is C28H48ClN3. The van der Waals surface area contributed by atoms with Crippen LogP contribution in [0.4, 0.5) is 11.4 Å². The average Bonchev–Trinajstić information content (AvgIpc) is 2.80. The zero-order chi connectivity index (χ0) is 21.7. The predicted molar refractivity (Wildman–Crippen MR) is 143 cm³/mol. The number of rotatable bonds is 7. The van der Waals surface area contributed by atoms with Crippen molar-refractivity contribution < 1.29 is 0 Å². The highest BCUT2D eigenvalue weighted by molar-refractivity contribution is 5.85. The summed E-state index contributed by atoms with van der Waals surface area (Å²) >= 11 is 0. The van der Waals surface area contributed by atoms with E-state index in [4.69, 9.17) is 0 Å². The van der Waals surface area contributed by atoms with Crippen LogP contribution in [-0.2, 0) is 0 Å². The van der Waals surface area contributed by atoms with Crippen LogP contribution in [0.5, 0.6) is 0 Å². The molecule has 1 aliphatic carbocycles. The molecule has 182 valence electrons. The molecule has 3 nitrogen and oxygen atoms in total. The molecule has 0 bridgehead atoms. The lowest BCUT2D eigenvalue weighted by atomic mass is 9.71. The second kappa shape index (κ2) is 12.0. The lowest BCUT2D eigenvalue weighted by Crippen LogP contribution is -2.47. The van der Waals surface area contributed by atoms with Crippen molar-refractivity contribution in [3.05, 3.63) is 23.8 Å². The fraction of sp³-hybridized carbons (Fsp3) is 0.786. The first-order valence-corrected chi connectivity index (χ1v) is 13.4. The topological polar surface area (TPSA) is 9.72 Å². The fourth-order valence-corrected chi connectivity index (χ4v) is 6.01. The highest BCUT2D eigenvalue weighted by Gasteiger charge is 2.30. The maximum atomic E-state index is 2.71. The van der Waals surface area contributed by atoms with Gasteiger partial charge in [-0.3, -0.25) is 4.90 Å². The zero-order valence-corrected chi connectivity index (χ0v) is 21.9. The van der Waals surface area contributed by atoms with E-state index in [-0.39, 0.29) is 12.4 Å². The number of hydrogen-bond acceptors (Lipinski definition) is 3. The molecule has 2 saturated heterocycles. The van der Waals surface area contributed by atoms with Crippen molar-refractivity contribution >= 4 is 23.8 Å². The van der Waals surface area contributed by atoms with Gasteiger partial charge in [0.25, 0.3) is 0 Å². The molecule has 0 unspecified atom stereocenters. The van der Waals surface area contributed by atoms with Crippen LogP contribution in [0.3, 0.4) is 0 Å². The van der Waals surface area contributed by atoms with E-state index in [1.165, 1.54) is 116 Å². The fourth-order valence-electron chi connectivity index (χ4n) is 6.01. The molecule has 0 amide bonds. The third-order valence-corrected chi connectivity index (χ3v) is 8.30. The van der Waals surface area contributed by atoms with E-state index in [1.54, 1.807) is 11.3 Å². The van der Waals surface area contributed by atoms with Gasteiger partial charge in [0.1, 0.15) is 0 Å². The molecule has 1 saturated carbocycles. The third kappa shape index (κ3) is 6.56. The molecule has 3 aliphatic rings. The number of hydrogen-bond donors (Lipinski definition) is 0. The normalized spacial score (nSPS) is 22.6. The van der Waals surface area contributed by atoms with E-state index in [0.29, 0.717) is 5.41 Å². The van der Waals surface area contributed by atoms with Gasteiger partial charge in [0.2, 0.25) is 0 Å². The maximum absolute atomic E-state index is 2.71. The van der Waals surface area contributed by atoms with Crippen LogP contribution in [0.2, 0.25) is 0 Å². The van der Waals surface area contributed by atoms with Crippen LogP contribution in [0.15, 0.2) is 18.2 Å². The summed E-state index contributed by atoms with van der Waals surface area (Å²) in [6, 6.07) is 7.54. The Kier molecular flexibility index (Phi) is 9.61. The average molecular weight is 462 g/mol. The number of nitrogens with zero attached hydrogens (tertiary/aromatic N) is 3. The molecule has 2 heterocycles. The smallest absolute Gasteiger partial charge is 0.0404 e. The molecule has 0 spiro atoms. The van der Waals surface area contributed by atoms with Gasteiger partial charge >= 0.3 is 0 Å². The van der Waals surface area contributed by atoms with Crippen molar-refractivity contribution in [1.82, 2.24) is 4.90 Å². The Morgan fingerprint density at radius 3 is 2.19 bits per heavy atom. The number of halogens is 1. The minimum absolute atomic E-state index is 0. The van der Waals surface area contributed by atoms with Gasteiger partial charge in [0.15, 0.2) is 0 Å². The molecule has 2 aliphatic heterocycles. The largest absolute Gasteiger partial charge is 0.372 e. The molecule has 32 heavy (non-hydrogen) atoms. The Bertz CT molecular complexity index is 680. The second-order valence-corrected chi connectivity index (χ2v) is 11.3. The predicted octanol–water partition coefficient (Wildman–Crippen LogP) is 7.09. The van der Waals surface area contributed by atoms with Gasteiger partial charge in [0, 0.05) is 50.6 Å². The van der Waals surface area contributed by atoms with Gasteiger partial charge in [-0.25, -0.2) is 0 Å². The zero-order valence-electron chi connectivity index (χ0n) is 21.1. The highest BCUT2D eigenvalue weighted by Crippen LogP contribution is 2.45. The minimum atomic E-state index is 0. The van der Waals surface area contributed by atoms with Crippen molar-refractivity contribution in [2.75, 3.05) is 55.6 Å². The summed E-state index contributed by atoms with van der Waals surface area (Å²) in [5.41, 5.74) is 5.24. The Balaban J connectivity index is 0.00000289. The van der Waals surface area contributed by atoms with Crippen molar-refractivity contribution in [2.45, 2.75) is 90.9 Å². The van der Waals surface area contributed by atoms with Crippen LogP contribution < -0.4 is 9.80 Å². The van der Waals surface area contributed by atoms with E-state index in [1.807, 2.05) is 0 Å². The van der Waals surface area contributed by atoms with Crippen LogP contribution in [0, 0.1) is 5.41 Å². The lowest BCUT2D eigenvalue weighted by molar-refractivity contribution is 0.224. The summed E-state index contributed by atoms with van der Waals surface area (Å²) in [6.07, 6.45) is 13.6. The van der Waals surface area contributed by atoms with Crippen LogP contribution >= 0.6 is 12.4 Å². The van der Waals surface area contributed by atoms with Gasteiger partial charge in [-0.2, -0.15) is 0 Å². The molecule has 1 aromatic rings. The molecule has 1 aromatic carbocycles. The van der Waals surface area contributed by atoms with E-state index < -0.39 is 0 Å². The third-order valence-electron chi connectivity index (χ3n) is 8.30. The molecule has 4 rings (SSSR count). The van der Waals surface area contributed by atoms with E-state index in [9.17, 15) is 0 Å². The Morgan fingerprint density at radius 1 is 0.844 bits per heavy atom. The summed E-state index contributed by atoms with van der Waals surface area (Å²) in [5, 5.41) is 0. The van der Waals surface area contributed by atoms with Gasteiger partial charge in [-0.15, -0.1) is 12.4 Å². The van der Waals surface area contributed by atoms with E-state index in [0.717, 1.165) is 5.92 Å². The Labute approximate surface area is 204 Å². The molecule has 0 radical (unpaired) electrons. The number of benzene rings is 1. The summed E-state index contributed by atoms with van der Waals surface area (Å²) in [4.78, 5) is 8.05. The molecule has 0 atom stereocenters. The monoisotopic (exact) mass is 461 g/mol. The lowest BCUT2D eigenvalue weighted by Gasteiger charge is -2.40. The van der Waals surface area contributed by atoms with Crippen molar-refractivity contribution in [3.63, 3.8) is 0 Å². The Morgan fingerprint density at radius 2 is 1.53 bits per heavy atom. The van der Waals surface area contributed by atoms with Gasteiger partial charge in [0.05, 0.1) is 0 Å². The highest BCUT2D eigenvalue weighted by atomic mass is 35.5. The molecule has 0 N–H and O–H groups in total. The number of unbranched alkanes of at least 4 members (excludes halogenated alkanes) is 2. The first-order chi connectivity index (χ1) is 15.1. The standard InChI is InChI=1S/C28H47N3.ClH/c1-4-5-7-16-29-19-21-31(22-20-29)27-11-10-25(30-17-8-6-9-18-30)23-26(27)24-12-14-28(2,3)15-13-24;/h10-11,23-24H,4-9,12-22H2,1-3H3;1H. The molecule has 0 aromatic heterocycles. The van der Waals surface area contributed by atoms with Gasteiger partial charge in [-0.1, -0.05) is 33.6 Å². The van der Waals surface area contributed by atoms with Crippen LogP contribution in [0.1, 0.15) is 96.5 Å². The van der Waals surface area contributed by atoms with E-state index >= 15 is 0 Å². The molecule has 3 fully saturated rings. The van der Waals surface area contributed by atoms with E-state index in [2.05, 4.69) is 53.7 Å². The van der Waals surface area contributed by atoms with Crippen LogP contribution in [-0.4, -0.2) is 50.7 Å². The number of piperidine rings is 1. The van der Waals surface area contributed by atoms with Crippen molar-refractivity contribution in [3.8, 4) is 0 Å². The maximum Gasteiger partial charge on any atom is 0.0404 e. The SMILES string of the molecule is CCCCCN1CCN(c2ccc(N3CCCCC3)cc2C2CCC(C)(C)CC2)CC1.Cl. The van der Waals surface area contributed by atoms with Gasteiger partial charge < -0.3 is 9.80 Å². The summed E-state index contributed by atoms with van der Waals surface area (Å²) in [6.45, 7) is 15.9. The number of anilines is 2. The molecular weight excluding hydrogens is 414 g/mol. The summed E-state index contributed by atoms with van der Waals surface area (Å²) in [7, 11) is 0. The van der Waals surface area contributed by atoms with Crippen LogP contribution in [0.25, 0.3) is 0 Å².